The third kappa shape index (κ3) is 4.15. The summed E-state index contributed by atoms with van der Waals surface area (Å²) in [4.78, 5) is 16.2. The van der Waals surface area contributed by atoms with Crippen LogP contribution in [-0.2, 0) is 0 Å². The molecule has 18 heavy (non-hydrogen) atoms. The molecular weight excluding hydrogens is 238 g/mol. The Labute approximate surface area is 105 Å². The minimum absolute atomic E-state index is 0.0193. The summed E-state index contributed by atoms with van der Waals surface area (Å²) in [5, 5.41) is 10.8. The Morgan fingerprint density at radius 1 is 1.56 bits per heavy atom. The maximum atomic E-state index is 10.8. The van der Waals surface area contributed by atoms with Gasteiger partial charge in [-0.25, -0.2) is 5.84 Å². The van der Waals surface area contributed by atoms with Crippen molar-refractivity contribution < 1.29 is 9.66 Å². The van der Waals surface area contributed by atoms with Crippen molar-refractivity contribution in [2.75, 3.05) is 32.7 Å². The second-order valence-electron chi connectivity index (χ2n) is 3.93. The molecule has 1 aromatic heterocycles. The SMILES string of the molecule is CN(C)CCCOc1nc(NN)ccc1[N+](=O)[O-]. The number of anilines is 1. The second kappa shape index (κ2) is 6.72. The fourth-order valence-electron chi connectivity index (χ4n) is 1.31. The number of hydrogen-bond acceptors (Lipinski definition) is 7. The van der Waals surface area contributed by atoms with Gasteiger partial charge in [0.15, 0.2) is 0 Å². The highest BCUT2D eigenvalue weighted by molar-refractivity contribution is 5.48. The van der Waals surface area contributed by atoms with Gasteiger partial charge in [-0.15, -0.1) is 0 Å². The maximum Gasteiger partial charge on any atom is 0.331 e. The molecule has 0 fully saturated rings. The van der Waals surface area contributed by atoms with Crippen molar-refractivity contribution >= 4 is 11.5 Å². The van der Waals surface area contributed by atoms with E-state index in [2.05, 4.69) is 10.4 Å². The van der Waals surface area contributed by atoms with E-state index >= 15 is 0 Å². The third-order valence-electron chi connectivity index (χ3n) is 2.17. The van der Waals surface area contributed by atoms with E-state index in [4.69, 9.17) is 10.6 Å². The summed E-state index contributed by atoms with van der Waals surface area (Å²) >= 11 is 0. The first kappa shape index (κ1) is 14.1. The zero-order valence-electron chi connectivity index (χ0n) is 10.4. The molecule has 1 heterocycles. The molecule has 1 aromatic rings. The van der Waals surface area contributed by atoms with E-state index in [9.17, 15) is 10.1 Å². The van der Waals surface area contributed by atoms with Crippen molar-refractivity contribution in [2.45, 2.75) is 6.42 Å². The number of rotatable bonds is 7. The second-order valence-corrected chi connectivity index (χ2v) is 3.93. The number of hydrazine groups is 1. The monoisotopic (exact) mass is 255 g/mol. The lowest BCUT2D eigenvalue weighted by atomic mass is 10.4. The lowest BCUT2D eigenvalue weighted by Crippen LogP contribution is -2.16. The number of pyridine rings is 1. The Morgan fingerprint density at radius 2 is 2.28 bits per heavy atom. The van der Waals surface area contributed by atoms with Crippen LogP contribution in [0.5, 0.6) is 5.88 Å². The summed E-state index contributed by atoms with van der Waals surface area (Å²) in [6, 6.07) is 2.73. The summed E-state index contributed by atoms with van der Waals surface area (Å²) in [5.41, 5.74) is 2.15. The van der Waals surface area contributed by atoms with Gasteiger partial charge in [-0.2, -0.15) is 4.98 Å². The number of aromatic nitrogens is 1. The molecule has 1 rings (SSSR count). The summed E-state index contributed by atoms with van der Waals surface area (Å²) in [6.07, 6.45) is 0.756. The molecular formula is C10H17N5O3. The molecule has 0 atom stereocenters. The van der Waals surface area contributed by atoms with Crippen LogP contribution in [0.3, 0.4) is 0 Å². The maximum absolute atomic E-state index is 10.8. The minimum Gasteiger partial charge on any atom is -0.473 e. The summed E-state index contributed by atoms with van der Waals surface area (Å²) in [7, 11) is 3.89. The number of ether oxygens (including phenoxy) is 1. The Kier molecular flexibility index (Phi) is 5.28. The molecule has 8 nitrogen and oxygen atoms in total. The van der Waals surface area contributed by atoms with Crippen LogP contribution >= 0.6 is 0 Å². The smallest absolute Gasteiger partial charge is 0.331 e. The van der Waals surface area contributed by atoms with Gasteiger partial charge in [0, 0.05) is 12.6 Å². The predicted molar refractivity (Wildman–Crippen MR) is 67.4 cm³/mol. The fraction of sp³-hybridized carbons (Fsp3) is 0.500. The van der Waals surface area contributed by atoms with E-state index in [0.29, 0.717) is 12.4 Å². The van der Waals surface area contributed by atoms with E-state index in [1.807, 2.05) is 19.0 Å². The van der Waals surface area contributed by atoms with E-state index in [1.54, 1.807) is 0 Å². The Morgan fingerprint density at radius 3 is 2.83 bits per heavy atom. The van der Waals surface area contributed by atoms with Crippen molar-refractivity contribution in [1.29, 1.82) is 0 Å². The molecule has 0 saturated carbocycles. The lowest BCUT2D eigenvalue weighted by Gasteiger charge is -2.10. The Hall–Kier alpha value is -1.93. The summed E-state index contributed by atoms with van der Waals surface area (Å²) in [6.45, 7) is 1.20. The van der Waals surface area contributed by atoms with Crippen LogP contribution in [-0.4, -0.2) is 42.1 Å². The molecule has 0 aliphatic carbocycles. The van der Waals surface area contributed by atoms with Gasteiger partial charge in [0.25, 0.3) is 5.88 Å². The molecule has 8 heteroatoms. The van der Waals surface area contributed by atoms with Gasteiger partial charge >= 0.3 is 5.69 Å². The Bertz CT molecular complexity index is 410. The highest BCUT2D eigenvalue weighted by Gasteiger charge is 2.17. The first-order valence-electron chi connectivity index (χ1n) is 5.44. The molecule has 0 aliphatic heterocycles. The highest BCUT2D eigenvalue weighted by atomic mass is 16.6. The van der Waals surface area contributed by atoms with Crippen LogP contribution in [0.15, 0.2) is 12.1 Å². The van der Waals surface area contributed by atoms with Crippen LogP contribution in [0.2, 0.25) is 0 Å². The molecule has 0 radical (unpaired) electrons. The van der Waals surface area contributed by atoms with Gasteiger partial charge in [0.1, 0.15) is 5.82 Å². The summed E-state index contributed by atoms with van der Waals surface area (Å²) < 4.78 is 5.32. The highest BCUT2D eigenvalue weighted by Crippen LogP contribution is 2.25. The van der Waals surface area contributed by atoms with Gasteiger partial charge in [0.2, 0.25) is 0 Å². The quantitative estimate of drug-likeness (QED) is 0.318. The van der Waals surface area contributed by atoms with E-state index < -0.39 is 4.92 Å². The fourth-order valence-corrected chi connectivity index (χ4v) is 1.31. The zero-order chi connectivity index (χ0) is 13.5. The van der Waals surface area contributed by atoms with Crippen molar-refractivity contribution in [3.8, 4) is 5.88 Å². The number of nitro groups is 1. The molecule has 3 N–H and O–H groups in total. The van der Waals surface area contributed by atoms with Gasteiger partial charge in [-0.3, -0.25) is 10.1 Å². The standard InChI is InChI=1S/C10H17N5O3/c1-14(2)6-3-7-18-10-8(15(16)17)4-5-9(12-10)13-11/h4-5H,3,6-7,11H2,1-2H3,(H,12,13). The van der Waals surface area contributed by atoms with Crippen molar-refractivity contribution in [3.05, 3.63) is 22.2 Å². The molecule has 0 aliphatic rings. The van der Waals surface area contributed by atoms with Gasteiger partial charge in [0.05, 0.1) is 11.5 Å². The van der Waals surface area contributed by atoms with Gasteiger partial charge in [-0.1, -0.05) is 0 Å². The molecule has 100 valence electrons. The molecule has 0 aromatic carbocycles. The van der Waals surface area contributed by atoms with Gasteiger partial charge in [-0.05, 0) is 26.6 Å². The molecule has 0 unspecified atom stereocenters. The van der Waals surface area contributed by atoms with Crippen molar-refractivity contribution in [3.63, 3.8) is 0 Å². The van der Waals surface area contributed by atoms with Crippen molar-refractivity contribution in [2.24, 2.45) is 5.84 Å². The van der Waals surface area contributed by atoms with Gasteiger partial charge < -0.3 is 15.1 Å². The van der Waals surface area contributed by atoms with E-state index in [1.165, 1.54) is 12.1 Å². The average molecular weight is 255 g/mol. The molecule has 0 saturated heterocycles. The number of nitrogens with one attached hydrogen (secondary N) is 1. The zero-order valence-corrected chi connectivity index (χ0v) is 10.4. The van der Waals surface area contributed by atoms with Crippen molar-refractivity contribution in [1.82, 2.24) is 9.88 Å². The first-order chi connectivity index (χ1) is 8.54. The molecule has 0 bridgehead atoms. The lowest BCUT2D eigenvalue weighted by molar-refractivity contribution is -0.386. The summed E-state index contributed by atoms with van der Waals surface area (Å²) in [5.74, 6) is 5.50. The molecule has 0 spiro atoms. The number of nitrogens with two attached hydrogens (primary N) is 1. The van der Waals surface area contributed by atoms with Crippen LogP contribution in [0.4, 0.5) is 11.5 Å². The van der Waals surface area contributed by atoms with Crippen LogP contribution < -0.4 is 16.0 Å². The number of hydrogen-bond donors (Lipinski definition) is 2. The van der Waals surface area contributed by atoms with Crippen LogP contribution in [0, 0.1) is 10.1 Å². The third-order valence-corrected chi connectivity index (χ3v) is 2.17. The van der Waals surface area contributed by atoms with Crippen LogP contribution in [0.25, 0.3) is 0 Å². The van der Waals surface area contributed by atoms with E-state index in [0.717, 1.165) is 13.0 Å². The largest absolute Gasteiger partial charge is 0.473 e. The molecule has 0 amide bonds. The normalized spacial score (nSPS) is 10.4. The topological polar surface area (TPSA) is 107 Å². The minimum atomic E-state index is -0.533. The van der Waals surface area contributed by atoms with E-state index in [-0.39, 0.29) is 11.6 Å². The Balaban J connectivity index is 2.69. The average Bonchev–Trinajstić information content (AvgIpc) is 2.33. The van der Waals surface area contributed by atoms with Crippen LogP contribution in [0.1, 0.15) is 6.42 Å². The number of nitrogens with zero attached hydrogens (tertiary/aromatic N) is 3. The predicted octanol–water partition coefficient (Wildman–Crippen LogP) is 0.606. The number of nitrogen functional groups attached to an aromatic ring is 1. The first-order valence-corrected chi connectivity index (χ1v) is 5.44.